The Labute approximate surface area is 127 Å². The number of hydrogen-bond donors (Lipinski definition) is 1. The summed E-state index contributed by atoms with van der Waals surface area (Å²) in [7, 11) is 0. The summed E-state index contributed by atoms with van der Waals surface area (Å²) in [5, 5.41) is 4.97. The van der Waals surface area contributed by atoms with Crippen molar-refractivity contribution >= 4 is 39.8 Å². The Morgan fingerprint density at radius 2 is 2.17 bits per heavy atom. The van der Waals surface area contributed by atoms with Crippen molar-refractivity contribution < 1.29 is 4.79 Å². The summed E-state index contributed by atoms with van der Waals surface area (Å²) >= 11 is 3.87. The highest BCUT2D eigenvalue weighted by molar-refractivity contribution is 14.1. The molecule has 1 aromatic heterocycles. The van der Waals surface area contributed by atoms with E-state index in [-0.39, 0.29) is 5.91 Å². The smallest absolute Gasteiger partial charge is 0.252 e. The van der Waals surface area contributed by atoms with Gasteiger partial charge in [-0.2, -0.15) is 0 Å². The maximum Gasteiger partial charge on any atom is 0.252 e. The van der Waals surface area contributed by atoms with Crippen molar-refractivity contribution in [2.75, 3.05) is 6.54 Å². The van der Waals surface area contributed by atoms with Gasteiger partial charge in [-0.25, -0.2) is 0 Å². The molecule has 2 rings (SSSR count). The number of thiophene rings is 1. The first-order valence-electron chi connectivity index (χ1n) is 6.67. The van der Waals surface area contributed by atoms with E-state index in [0.29, 0.717) is 0 Å². The van der Waals surface area contributed by atoms with Crippen LogP contribution in [0, 0.1) is 14.7 Å². The molecule has 1 aliphatic carbocycles. The Kier molecular flexibility index (Phi) is 5.48. The van der Waals surface area contributed by atoms with Gasteiger partial charge >= 0.3 is 0 Å². The lowest BCUT2D eigenvalue weighted by Gasteiger charge is -2.26. The molecule has 1 N–H and O–H groups in total. The van der Waals surface area contributed by atoms with Crippen LogP contribution in [0.3, 0.4) is 0 Å². The maximum atomic E-state index is 11.8. The van der Waals surface area contributed by atoms with Gasteiger partial charge in [0, 0.05) is 11.9 Å². The lowest BCUT2D eigenvalue weighted by Crippen LogP contribution is -2.26. The Morgan fingerprint density at radius 1 is 1.44 bits per heavy atom. The van der Waals surface area contributed by atoms with E-state index in [0.717, 1.165) is 30.4 Å². The second-order valence-electron chi connectivity index (χ2n) is 5.31. The molecule has 0 aliphatic heterocycles. The van der Waals surface area contributed by atoms with Gasteiger partial charge in [-0.15, -0.1) is 11.3 Å². The first-order chi connectivity index (χ1) is 8.65. The summed E-state index contributed by atoms with van der Waals surface area (Å²) in [6, 6.07) is 1.95. The van der Waals surface area contributed by atoms with E-state index >= 15 is 0 Å². The van der Waals surface area contributed by atoms with Crippen molar-refractivity contribution in [2.24, 2.45) is 11.8 Å². The van der Waals surface area contributed by atoms with E-state index in [9.17, 15) is 4.79 Å². The van der Waals surface area contributed by atoms with Gasteiger partial charge < -0.3 is 5.32 Å². The molecule has 1 heterocycles. The Hall–Kier alpha value is -0.100. The number of hydrogen-bond acceptors (Lipinski definition) is 2. The van der Waals surface area contributed by atoms with E-state index in [2.05, 4.69) is 34.8 Å². The minimum absolute atomic E-state index is 0.0818. The predicted octanol–water partition coefficient (Wildman–Crippen LogP) is 4.30. The quantitative estimate of drug-likeness (QED) is 0.779. The zero-order chi connectivity index (χ0) is 13.0. The van der Waals surface area contributed by atoms with Gasteiger partial charge in [-0.1, -0.05) is 32.6 Å². The molecular formula is C14H20INOS. The Bertz CT molecular complexity index is 396. The van der Waals surface area contributed by atoms with Gasteiger partial charge in [0.05, 0.1) is 8.45 Å². The number of halogens is 1. The van der Waals surface area contributed by atoms with Crippen LogP contribution in [0.5, 0.6) is 0 Å². The van der Waals surface area contributed by atoms with Crippen LogP contribution >= 0.6 is 33.9 Å². The fraction of sp³-hybridized carbons (Fsp3) is 0.643. The van der Waals surface area contributed by atoms with Crippen LogP contribution in [-0.2, 0) is 0 Å². The number of amides is 1. The van der Waals surface area contributed by atoms with E-state index in [1.54, 1.807) is 11.3 Å². The van der Waals surface area contributed by atoms with Gasteiger partial charge in [0.25, 0.3) is 5.91 Å². The molecule has 100 valence electrons. The largest absolute Gasteiger partial charge is 0.352 e. The topological polar surface area (TPSA) is 29.1 Å². The summed E-state index contributed by atoms with van der Waals surface area (Å²) in [5.41, 5.74) is 0.807. The molecule has 0 spiro atoms. The summed E-state index contributed by atoms with van der Waals surface area (Å²) in [6.07, 6.45) is 6.54. The van der Waals surface area contributed by atoms with Gasteiger partial charge in [0.2, 0.25) is 0 Å². The Balaban J connectivity index is 1.67. The SMILES string of the molecule is CC1CCC(CCNC(=O)c2csc(I)c2)CC1. The summed E-state index contributed by atoms with van der Waals surface area (Å²) < 4.78 is 1.17. The Morgan fingerprint density at radius 3 is 2.78 bits per heavy atom. The van der Waals surface area contributed by atoms with Crippen molar-refractivity contribution in [3.8, 4) is 0 Å². The van der Waals surface area contributed by atoms with Crippen molar-refractivity contribution in [3.05, 3.63) is 19.9 Å². The van der Waals surface area contributed by atoms with Crippen LogP contribution in [0.2, 0.25) is 0 Å². The second kappa shape index (κ2) is 6.89. The molecule has 0 saturated heterocycles. The fourth-order valence-electron chi connectivity index (χ4n) is 2.54. The maximum absolute atomic E-state index is 11.8. The van der Waals surface area contributed by atoms with E-state index in [1.165, 1.54) is 28.6 Å². The summed E-state index contributed by atoms with van der Waals surface area (Å²) in [4.78, 5) is 11.8. The lowest BCUT2D eigenvalue weighted by atomic mass is 9.81. The molecule has 1 aliphatic rings. The molecule has 18 heavy (non-hydrogen) atoms. The van der Waals surface area contributed by atoms with Crippen molar-refractivity contribution in [3.63, 3.8) is 0 Å². The van der Waals surface area contributed by atoms with Gasteiger partial charge in [0.15, 0.2) is 0 Å². The minimum atomic E-state index is 0.0818. The highest BCUT2D eigenvalue weighted by atomic mass is 127. The zero-order valence-electron chi connectivity index (χ0n) is 10.7. The summed E-state index contributed by atoms with van der Waals surface area (Å²) in [6.45, 7) is 3.17. The number of carbonyl (C=O) groups is 1. The van der Waals surface area contributed by atoms with Crippen molar-refractivity contribution in [2.45, 2.75) is 39.0 Å². The number of carbonyl (C=O) groups excluding carboxylic acids is 1. The average Bonchev–Trinajstić information content (AvgIpc) is 2.78. The van der Waals surface area contributed by atoms with E-state index < -0.39 is 0 Å². The van der Waals surface area contributed by atoms with Crippen LogP contribution in [0.4, 0.5) is 0 Å². The highest BCUT2D eigenvalue weighted by Crippen LogP contribution is 2.29. The van der Waals surface area contributed by atoms with Gasteiger partial charge in [-0.05, 0) is 46.9 Å². The van der Waals surface area contributed by atoms with Crippen LogP contribution in [0.1, 0.15) is 49.4 Å². The molecule has 0 aromatic carbocycles. The summed E-state index contributed by atoms with van der Waals surface area (Å²) in [5.74, 6) is 1.81. The second-order valence-corrected chi connectivity index (χ2v) is 8.12. The van der Waals surface area contributed by atoms with Crippen LogP contribution in [0.15, 0.2) is 11.4 Å². The normalized spacial score (nSPS) is 23.9. The molecule has 0 radical (unpaired) electrons. The van der Waals surface area contributed by atoms with Crippen molar-refractivity contribution in [1.29, 1.82) is 0 Å². The lowest BCUT2D eigenvalue weighted by molar-refractivity contribution is 0.0950. The molecule has 0 atom stereocenters. The minimum Gasteiger partial charge on any atom is -0.352 e. The first-order valence-corrected chi connectivity index (χ1v) is 8.63. The van der Waals surface area contributed by atoms with Gasteiger partial charge in [-0.3, -0.25) is 4.79 Å². The highest BCUT2D eigenvalue weighted by Gasteiger charge is 2.18. The zero-order valence-corrected chi connectivity index (χ0v) is 13.7. The first kappa shape index (κ1) is 14.3. The third kappa shape index (κ3) is 4.23. The van der Waals surface area contributed by atoms with Crippen LogP contribution < -0.4 is 5.32 Å². The molecule has 2 nitrogen and oxygen atoms in total. The standard InChI is InChI=1S/C14H20INOS/c1-10-2-4-11(5-3-10)6-7-16-14(17)12-8-13(15)18-9-12/h8-11H,2-7H2,1H3,(H,16,17). The predicted molar refractivity (Wildman–Crippen MR) is 85.1 cm³/mol. The number of rotatable bonds is 4. The molecule has 0 unspecified atom stereocenters. The van der Waals surface area contributed by atoms with Crippen molar-refractivity contribution in [1.82, 2.24) is 5.32 Å². The molecular weight excluding hydrogens is 357 g/mol. The van der Waals surface area contributed by atoms with Crippen LogP contribution in [0.25, 0.3) is 0 Å². The molecule has 1 amide bonds. The third-order valence-electron chi connectivity index (χ3n) is 3.80. The van der Waals surface area contributed by atoms with Gasteiger partial charge in [0.1, 0.15) is 0 Å². The fourth-order valence-corrected chi connectivity index (χ4v) is 3.87. The van der Waals surface area contributed by atoms with Crippen LogP contribution in [-0.4, -0.2) is 12.5 Å². The average molecular weight is 377 g/mol. The third-order valence-corrected chi connectivity index (χ3v) is 5.59. The molecule has 4 heteroatoms. The number of nitrogens with one attached hydrogen (secondary N) is 1. The monoisotopic (exact) mass is 377 g/mol. The molecule has 1 aromatic rings. The molecule has 1 saturated carbocycles. The van der Waals surface area contributed by atoms with E-state index in [4.69, 9.17) is 0 Å². The molecule has 0 bridgehead atoms. The molecule has 1 fully saturated rings. The van der Waals surface area contributed by atoms with E-state index in [1.807, 2.05) is 11.4 Å².